The molecule has 4 heteroatoms. The molecule has 1 heterocycles. The van der Waals surface area contributed by atoms with Gasteiger partial charge in [-0.05, 0) is 37.6 Å². The predicted molar refractivity (Wildman–Crippen MR) is 81.1 cm³/mol. The van der Waals surface area contributed by atoms with E-state index in [2.05, 4.69) is 42.5 Å². The van der Waals surface area contributed by atoms with Gasteiger partial charge < -0.3 is 10.1 Å². The summed E-state index contributed by atoms with van der Waals surface area (Å²) >= 11 is 0. The number of hydrogen-bond donors (Lipinski definition) is 1. The molecule has 2 aromatic rings. The maximum atomic E-state index is 5.48. The minimum Gasteiger partial charge on any atom is -0.496 e. The Balaban J connectivity index is 2.29. The van der Waals surface area contributed by atoms with Gasteiger partial charge in [-0.1, -0.05) is 24.6 Å². The number of nitrogens with zero attached hydrogens (tertiary/aromatic N) is 2. The van der Waals surface area contributed by atoms with Gasteiger partial charge >= 0.3 is 0 Å². The van der Waals surface area contributed by atoms with Gasteiger partial charge in [0.15, 0.2) is 0 Å². The zero-order chi connectivity index (χ0) is 14.5. The lowest BCUT2D eigenvalue weighted by Gasteiger charge is -2.20. The highest BCUT2D eigenvalue weighted by molar-refractivity contribution is 5.38. The summed E-state index contributed by atoms with van der Waals surface area (Å²) in [4.78, 5) is 0. The van der Waals surface area contributed by atoms with E-state index in [-0.39, 0.29) is 6.04 Å². The van der Waals surface area contributed by atoms with E-state index in [4.69, 9.17) is 4.74 Å². The maximum Gasteiger partial charge on any atom is 0.122 e. The molecule has 0 spiro atoms. The normalized spacial score (nSPS) is 12.4. The molecular formula is C16H23N3O. The van der Waals surface area contributed by atoms with Crippen LogP contribution in [0.15, 0.2) is 30.5 Å². The number of nitrogens with one attached hydrogen (secondary N) is 1. The molecule has 1 N–H and O–H groups in total. The van der Waals surface area contributed by atoms with E-state index in [1.807, 2.05) is 24.0 Å². The first-order valence-electron chi connectivity index (χ1n) is 7.00. The van der Waals surface area contributed by atoms with E-state index in [9.17, 15) is 0 Å². The standard InChI is InChI=1S/C16H23N3O/c1-5-17-14(15-8-9-18-19(15)3)11-13-10-12(2)6-7-16(13)20-4/h6-10,14,17H,5,11H2,1-4H3. The summed E-state index contributed by atoms with van der Waals surface area (Å²) in [7, 11) is 3.70. The van der Waals surface area contributed by atoms with E-state index >= 15 is 0 Å². The Hall–Kier alpha value is -1.81. The lowest BCUT2D eigenvalue weighted by Crippen LogP contribution is -2.25. The van der Waals surface area contributed by atoms with Gasteiger partial charge in [0.1, 0.15) is 5.75 Å². The van der Waals surface area contributed by atoms with Gasteiger partial charge in [0.25, 0.3) is 0 Å². The molecule has 0 amide bonds. The molecule has 1 atom stereocenters. The molecular weight excluding hydrogens is 250 g/mol. The van der Waals surface area contributed by atoms with Crippen molar-refractivity contribution in [1.29, 1.82) is 0 Å². The van der Waals surface area contributed by atoms with Crippen molar-refractivity contribution in [3.8, 4) is 5.75 Å². The second-order valence-corrected chi connectivity index (χ2v) is 5.01. The van der Waals surface area contributed by atoms with Crippen molar-refractivity contribution in [2.45, 2.75) is 26.3 Å². The molecule has 0 radical (unpaired) electrons. The Kier molecular flexibility index (Phi) is 4.79. The fourth-order valence-electron chi connectivity index (χ4n) is 2.54. The molecule has 0 aliphatic rings. The molecule has 0 saturated carbocycles. The SMILES string of the molecule is CCNC(Cc1cc(C)ccc1OC)c1ccnn1C. The minimum absolute atomic E-state index is 0.239. The van der Waals surface area contributed by atoms with E-state index < -0.39 is 0 Å². The Morgan fingerprint density at radius 3 is 2.75 bits per heavy atom. The van der Waals surface area contributed by atoms with Gasteiger partial charge in [0.2, 0.25) is 0 Å². The first-order chi connectivity index (χ1) is 9.65. The van der Waals surface area contributed by atoms with Gasteiger partial charge in [-0.15, -0.1) is 0 Å². The monoisotopic (exact) mass is 273 g/mol. The molecule has 20 heavy (non-hydrogen) atoms. The number of benzene rings is 1. The molecule has 0 bridgehead atoms. The van der Waals surface area contributed by atoms with E-state index in [0.29, 0.717) is 0 Å². The fraction of sp³-hybridized carbons (Fsp3) is 0.438. The lowest BCUT2D eigenvalue weighted by atomic mass is 10.0. The van der Waals surface area contributed by atoms with Gasteiger partial charge in [-0.25, -0.2) is 0 Å². The molecule has 2 rings (SSSR count). The van der Waals surface area contributed by atoms with E-state index in [0.717, 1.165) is 18.7 Å². The Bertz CT molecular complexity index is 563. The average molecular weight is 273 g/mol. The van der Waals surface area contributed by atoms with Crippen LogP contribution in [0.4, 0.5) is 0 Å². The summed E-state index contributed by atoms with van der Waals surface area (Å²) < 4.78 is 7.40. The van der Waals surface area contributed by atoms with Crippen LogP contribution in [0.2, 0.25) is 0 Å². The van der Waals surface area contributed by atoms with Crippen LogP contribution in [0.3, 0.4) is 0 Å². The van der Waals surface area contributed by atoms with Crippen molar-refractivity contribution in [3.63, 3.8) is 0 Å². The number of hydrogen-bond acceptors (Lipinski definition) is 3. The summed E-state index contributed by atoms with van der Waals surface area (Å²) in [6.07, 6.45) is 2.73. The topological polar surface area (TPSA) is 39.1 Å². The van der Waals surface area contributed by atoms with Crippen molar-refractivity contribution in [1.82, 2.24) is 15.1 Å². The number of rotatable bonds is 6. The third kappa shape index (κ3) is 3.20. The molecule has 108 valence electrons. The first kappa shape index (κ1) is 14.6. The highest BCUT2D eigenvalue weighted by Crippen LogP contribution is 2.25. The van der Waals surface area contributed by atoms with Crippen LogP contribution in [0.1, 0.15) is 29.8 Å². The smallest absolute Gasteiger partial charge is 0.122 e. The van der Waals surface area contributed by atoms with Crippen molar-refractivity contribution >= 4 is 0 Å². The molecule has 0 aliphatic heterocycles. The van der Waals surface area contributed by atoms with Crippen LogP contribution < -0.4 is 10.1 Å². The molecule has 1 aromatic carbocycles. The number of aromatic nitrogens is 2. The second-order valence-electron chi connectivity index (χ2n) is 5.01. The third-order valence-electron chi connectivity index (χ3n) is 3.53. The Morgan fingerprint density at radius 1 is 1.35 bits per heavy atom. The van der Waals surface area contributed by atoms with Crippen molar-refractivity contribution < 1.29 is 4.74 Å². The van der Waals surface area contributed by atoms with E-state index in [1.165, 1.54) is 16.8 Å². The van der Waals surface area contributed by atoms with Crippen LogP contribution in [0.25, 0.3) is 0 Å². The number of aryl methyl sites for hydroxylation is 2. The largest absolute Gasteiger partial charge is 0.496 e. The number of ether oxygens (including phenoxy) is 1. The van der Waals surface area contributed by atoms with Gasteiger partial charge in [0, 0.05) is 13.2 Å². The summed E-state index contributed by atoms with van der Waals surface area (Å²) in [5.74, 6) is 0.945. The molecule has 0 saturated heterocycles. The summed E-state index contributed by atoms with van der Waals surface area (Å²) in [5, 5.41) is 7.80. The lowest BCUT2D eigenvalue weighted by molar-refractivity contribution is 0.404. The number of likely N-dealkylation sites (N-methyl/N-ethyl adjacent to an activating group) is 1. The first-order valence-corrected chi connectivity index (χ1v) is 7.00. The quantitative estimate of drug-likeness (QED) is 0.879. The molecule has 4 nitrogen and oxygen atoms in total. The van der Waals surface area contributed by atoms with Crippen LogP contribution in [0, 0.1) is 6.92 Å². The van der Waals surface area contributed by atoms with Crippen LogP contribution in [-0.2, 0) is 13.5 Å². The van der Waals surface area contributed by atoms with Gasteiger partial charge in [-0.3, -0.25) is 4.68 Å². The maximum absolute atomic E-state index is 5.48. The van der Waals surface area contributed by atoms with Crippen LogP contribution in [-0.4, -0.2) is 23.4 Å². The van der Waals surface area contributed by atoms with Crippen molar-refractivity contribution in [2.24, 2.45) is 7.05 Å². The minimum atomic E-state index is 0.239. The molecule has 1 unspecified atom stereocenters. The molecule has 0 fully saturated rings. The third-order valence-corrected chi connectivity index (χ3v) is 3.53. The van der Waals surface area contributed by atoms with E-state index in [1.54, 1.807) is 7.11 Å². The average Bonchev–Trinajstić information content (AvgIpc) is 2.85. The van der Waals surface area contributed by atoms with Crippen molar-refractivity contribution in [3.05, 3.63) is 47.3 Å². The van der Waals surface area contributed by atoms with Crippen LogP contribution >= 0.6 is 0 Å². The number of methoxy groups -OCH3 is 1. The predicted octanol–water partition coefficient (Wildman–Crippen LogP) is 2.63. The van der Waals surface area contributed by atoms with Crippen molar-refractivity contribution in [2.75, 3.05) is 13.7 Å². The highest BCUT2D eigenvalue weighted by atomic mass is 16.5. The summed E-state index contributed by atoms with van der Waals surface area (Å²) in [6.45, 7) is 5.15. The zero-order valence-corrected chi connectivity index (χ0v) is 12.7. The second kappa shape index (κ2) is 6.57. The zero-order valence-electron chi connectivity index (χ0n) is 12.7. The molecule has 1 aromatic heterocycles. The van der Waals surface area contributed by atoms with Gasteiger partial charge in [0.05, 0.1) is 18.8 Å². The summed E-state index contributed by atoms with van der Waals surface area (Å²) in [5.41, 5.74) is 3.66. The Morgan fingerprint density at radius 2 is 2.15 bits per heavy atom. The molecule has 0 aliphatic carbocycles. The fourth-order valence-corrected chi connectivity index (χ4v) is 2.54. The van der Waals surface area contributed by atoms with Gasteiger partial charge in [-0.2, -0.15) is 5.10 Å². The highest BCUT2D eigenvalue weighted by Gasteiger charge is 2.16. The van der Waals surface area contributed by atoms with Crippen LogP contribution in [0.5, 0.6) is 5.75 Å². The summed E-state index contributed by atoms with van der Waals surface area (Å²) in [6, 6.07) is 8.61. The Labute approximate surface area is 120 Å².